The first-order chi connectivity index (χ1) is 10.8. The topological polar surface area (TPSA) is 98.0 Å². The first-order valence-electron chi connectivity index (χ1n) is 7.03. The summed E-state index contributed by atoms with van der Waals surface area (Å²) < 4.78 is 7.47. The summed E-state index contributed by atoms with van der Waals surface area (Å²) in [6, 6.07) is 2.06. The molecule has 0 aromatic carbocycles. The number of nitrogens with one attached hydrogen (secondary N) is 1. The van der Waals surface area contributed by atoms with E-state index in [9.17, 15) is 5.11 Å². The third-order valence-electron chi connectivity index (χ3n) is 3.65. The van der Waals surface area contributed by atoms with Gasteiger partial charge >= 0.3 is 6.01 Å². The SMILES string of the molecule is Oc1nc(Oc2cnn([C@H]3CCNC3)c2)nc2cnccc12. The van der Waals surface area contributed by atoms with Crippen LogP contribution in [-0.2, 0) is 0 Å². The Kier molecular flexibility index (Phi) is 3.08. The molecule has 8 nitrogen and oxygen atoms in total. The second-order valence-electron chi connectivity index (χ2n) is 5.13. The molecule has 1 fully saturated rings. The molecular weight excluding hydrogens is 284 g/mol. The summed E-state index contributed by atoms with van der Waals surface area (Å²) in [4.78, 5) is 12.2. The lowest BCUT2D eigenvalue weighted by molar-refractivity contribution is 0.410. The number of hydrogen-bond acceptors (Lipinski definition) is 7. The summed E-state index contributed by atoms with van der Waals surface area (Å²) in [5, 5.41) is 18.0. The standard InChI is InChI=1S/C14H14N6O2/c21-13-11-2-4-16-7-12(11)18-14(19-13)22-10-6-17-20(8-10)9-1-3-15-5-9/h2,4,6-9,15H,1,3,5H2,(H,18,19,21)/t9-/m0/s1. The maximum absolute atomic E-state index is 9.92. The summed E-state index contributed by atoms with van der Waals surface area (Å²) in [6.45, 7) is 1.90. The highest BCUT2D eigenvalue weighted by Crippen LogP contribution is 2.26. The minimum atomic E-state index is -0.130. The Morgan fingerprint density at radius 3 is 3.14 bits per heavy atom. The Bertz CT molecular complexity index is 812. The van der Waals surface area contributed by atoms with Gasteiger partial charge in [0.2, 0.25) is 5.88 Å². The van der Waals surface area contributed by atoms with E-state index in [4.69, 9.17) is 4.74 Å². The highest BCUT2D eigenvalue weighted by Gasteiger charge is 2.18. The normalized spacial score (nSPS) is 17.9. The minimum absolute atomic E-state index is 0.0714. The molecule has 0 radical (unpaired) electrons. The molecule has 0 saturated carbocycles. The molecule has 22 heavy (non-hydrogen) atoms. The predicted octanol–water partition coefficient (Wildman–Crippen LogP) is 1.25. The average Bonchev–Trinajstić information content (AvgIpc) is 3.18. The summed E-state index contributed by atoms with van der Waals surface area (Å²) in [5.74, 6) is 0.407. The van der Waals surface area contributed by atoms with Crippen LogP contribution in [0, 0.1) is 0 Å². The molecule has 112 valence electrons. The van der Waals surface area contributed by atoms with Crippen LogP contribution in [0.15, 0.2) is 30.9 Å². The van der Waals surface area contributed by atoms with Crippen LogP contribution < -0.4 is 10.1 Å². The molecule has 4 rings (SSSR count). The molecule has 3 aromatic rings. The van der Waals surface area contributed by atoms with E-state index in [0.717, 1.165) is 19.5 Å². The molecule has 0 spiro atoms. The quantitative estimate of drug-likeness (QED) is 0.751. The Balaban J connectivity index is 1.60. The number of nitrogens with zero attached hydrogens (tertiary/aromatic N) is 5. The number of hydrogen-bond donors (Lipinski definition) is 2. The van der Waals surface area contributed by atoms with E-state index in [1.807, 2.05) is 10.9 Å². The molecule has 4 heterocycles. The molecule has 1 aliphatic heterocycles. The fourth-order valence-corrected chi connectivity index (χ4v) is 2.53. The van der Waals surface area contributed by atoms with Crippen molar-refractivity contribution in [1.82, 2.24) is 30.0 Å². The van der Waals surface area contributed by atoms with Crippen LogP contribution in [0.25, 0.3) is 10.9 Å². The van der Waals surface area contributed by atoms with Crippen molar-refractivity contribution in [2.45, 2.75) is 12.5 Å². The third-order valence-corrected chi connectivity index (χ3v) is 3.65. The zero-order chi connectivity index (χ0) is 14.9. The van der Waals surface area contributed by atoms with E-state index in [1.54, 1.807) is 24.7 Å². The van der Waals surface area contributed by atoms with Gasteiger partial charge in [0.15, 0.2) is 5.75 Å². The highest BCUT2D eigenvalue weighted by molar-refractivity contribution is 5.82. The molecular formula is C14H14N6O2. The molecule has 0 amide bonds. The van der Waals surface area contributed by atoms with E-state index in [0.29, 0.717) is 22.7 Å². The molecule has 1 aliphatic rings. The van der Waals surface area contributed by atoms with E-state index in [-0.39, 0.29) is 11.9 Å². The van der Waals surface area contributed by atoms with Crippen LogP contribution in [0.5, 0.6) is 17.6 Å². The summed E-state index contributed by atoms with van der Waals surface area (Å²) in [7, 11) is 0. The molecule has 3 aromatic heterocycles. The van der Waals surface area contributed by atoms with E-state index in [1.165, 1.54) is 0 Å². The smallest absolute Gasteiger partial charge is 0.326 e. The van der Waals surface area contributed by atoms with Crippen LogP contribution in [0.1, 0.15) is 12.5 Å². The zero-order valence-corrected chi connectivity index (χ0v) is 11.7. The lowest BCUT2D eigenvalue weighted by atomic mass is 10.3. The van der Waals surface area contributed by atoms with Crippen molar-refractivity contribution in [3.8, 4) is 17.6 Å². The van der Waals surface area contributed by atoms with Crippen LogP contribution in [0.4, 0.5) is 0 Å². The fourth-order valence-electron chi connectivity index (χ4n) is 2.53. The second kappa shape index (κ2) is 5.23. The number of aromatic nitrogens is 5. The number of rotatable bonds is 3. The lowest BCUT2D eigenvalue weighted by Gasteiger charge is -2.07. The second-order valence-corrected chi connectivity index (χ2v) is 5.13. The molecule has 8 heteroatoms. The molecule has 1 saturated heterocycles. The van der Waals surface area contributed by atoms with Gasteiger partial charge in [-0.05, 0) is 19.0 Å². The molecule has 0 bridgehead atoms. The molecule has 1 atom stereocenters. The largest absolute Gasteiger partial charge is 0.493 e. The van der Waals surface area contributed by atoms with Gasteiger partial charge in [0.05, 0.1) is 35.5 Å². The van der Waals surface area contributed by atoms with Crippen molar-refractivity contribution < 1.29 is 9.84 Å². The number of aromatic hydroxyl groups is 1. The van der Waals surface area contributed by atoms with E-state index in [2.05, 4.69) is 25.4 Å². The molecule has 0 unspecified atom stereocenters. The summed E-state index contributed by atoms with van der Waals surface area (Å²) in [6.07, 6.45) is 7.60. The summed E-state index contributed by atoms with van der Waals surface area (Å²) >= 11 is 0. The van der Waals surface area contributed by atoms with Gasteiger partial charge in [-0.1, -0.05) is 0 Å². The van der Waals surface area contributed by atoms with E-state index >= 15 is 0 Å². The number of ether oxygens (including phenoxy) is 1. The fraction of sp³-hybridized carbons (Fsp3) is 0.286. The van der Waals surface area contributed by atoms with Crippen molar-refractivity contribution in [2.24, 2.45) is 0 Å². The lowest BCUT2D eigenvalue weighted by Crippen LogP contribution is -2.13. The number of fused-ring (bicyclic) bond motifs is 1. The van der Waals surface area contributed by atoms with Crippen molar-refractivity contribution in [3.63, 3.8) is 0 Å². The maximum Gasteiger partial charge on any atom is 0.326 e. The Morgan fingerprint density at radius 1 is 1.32 bits per heavy atom. The van der Waals surface area contributed by atoms with Crippen LogP contribution >= 0.6 is 0 Å². The predicted molar refractivity (Wildman–Crippen MR) is 77.8 cm³/mol. The van der Waals surface area contributed by atoms with Crippen LogP contribution in [0.2, 0.25) is 0 Å². The van der Waals surface area contributed by atoms with E-state index < -0.39 is 0 Å². The highest BCUT2D eigenvalue weighted by atomic mass is 16.5. The molecule has 0 aliphatic carbocycles. The van der Waals surface area contributed by atoms with Crippen molar-refractivity contribution >= 4 is 10.9 Å². The third kappa shape index (κ3) is 2.33. The van der Waals surface area contributed by atoms with Gasteiger partial charge in [0.25, 0.3) is 0 Å². The zero-order valence-electron chi connectivity index (χ0n) is 11.7. The van der Waals surface area contributed by atoms with Gasteiger partial charge in [-0.15, -0.1) is 0 Å². The first kappa shape index (κ1) is 13.0. The number of pyridine rings is 1. The van der Waals surface area contributed by atoms with Gasteiger partial charge in [-0.25, -0.2) is 0 Å². The Hall–Kier alpha value is -2.74. The van der Waals surface area contributed by atoms with Crippen LogP contribution in [-0.4, -0.2) is 42.9 Å². The van der Waals surface area contributed by atoms with Gasteiger partial charge < -0.3 is 15.2 Å². The van der Waals surface area contributed by atoms with Gasteiger partial charge in [-0.2, -0.15) is 15.1 Å². The van der Waals surface area contributed by atoms with Gasteiger partial charge in [-0.3, -0.25) is 9.67 Å². The van der Waals surface area contributed by atoms with Crippen molar-refractivity contribution in [3.05, 3.63) is 30.9 Å². The van der Waals surface area contributed by atoms with Crippen molar-refractivity contribution in [2.75, 3.05) is 13.1 Å². The van der Waals surface area contributed by atoms with Gasteiger partial charge in [0.1, 0.15) is 0 Å². The van der Waals surface area contributed by atoms with Crippen molar-refractivity contribution in [1.29, 1.82) is 0 Å². The Labute approximate surface area is 125 Å². The van der Waals surface area contributed by atoms with Crippen LogP contribution in [0.3, 0.4) is 0 Å². The monoisotopic (exact) mass is 298 g/mol. The van der Waals surface area contributed by atoms with Gasteiger partial charge in [0, 0.05) is 12.7 Å². The average molecular weight is 298 g/mol. The minimum Gasteiger partial charge on any atom is -0.493 e. The summed E-state index contributed by atoms with van der Waals surface area (Å²) in [5.41, 5.74) is 0.525. The Morgan fingerprint density at radius 2 is 2.27 bits per heavy atom. The first-order valence-corrected chi connectivity index (χ1v) is 7.03. The molecule has 2 N–H and O–H groups in total. The maximum atomic E-state index is 9.92.